The van der Waals surface area contributed by atoms with Crippen LogP contribution in [-0.2, 0) is 21.0 Å². The van der Waals surface area contributed by atoms with Gasteiger partial charge in [-0.15, -0.1) is 0 Å². The number of hydrogen-bond acceptors (Lipinski definition) is 4. The monoisotopic (exact) mass is 280 g/mol. The van der Waals surface area contributed by atoms with E-state index in [1.54, 1.807) is 0 Å². The fourth-order valence-electron chi connectivity index (χ4n) is 2.02. The van der Waals surface area contributed by atoms with Crippen molar-refractivity contribution in [3.8, 4) is 0 Å². The van der Waals surface area contributed by atoms with E-state index in [0.717, 1.165) is 11.1 Å². The lowest BCUT2D eigenvalue weighted by molar-refractivity contribution is -0.173. The van der Waals surface area contributed by atoms with E-state index in [9.17, 15) is 18.8 Å². The molecule has 1 aliphatic heterocycles. The summed E-state index contributed by atoms with van der Waals surface area (Å²) in [6.07, 6.45) is 0.754. The minimum Gasteiger partial charge on any atom is -0.368 e. The van der Waals surface area contributed by atoms with Gasteiger partial charge in [0.25, 0.3) is 5.91 Å². The average Bonchev–Trinajstić information content (AvgIpc) is 2.41. The molecular weight excluding hydrogens is 267 g/mol. The molecule has 0 spiro atoms. The first-order valence-corrected chi connectivity index (χ1v) is 6.02. The summed E-state index contributed by atoms with van der Waals surface area (Å²) in [6.45, 7) is 0.0340. The normalized spacial score (nSPS) is 15.7. The van der Waals surface area contributed by atoms with Crippen LogP contribution in [0.2, 0.25) is 0 Å². The first-order chi connectivity index (χ1) is 9.54. The predicted octanol–water partition coefficient (Wildman–Crippen LogP) is 0.546. The number of nitrogens with two attached hydrogens (primary N) is 1. The van der Waals surface area contributed by atoms with E-state index in [4.69, 9.17) is 10.6 Å². The Hall–Kier alpha value is -2.28. The Morgan fingerprint density at radius 2 is 2.30 bits per heavy atom. The first kappa shape index (κ1) is 14.1. The lowest BCUT2D eigenvalue weighted by Crippen LogP contribution is -2.49. The zero-order valence-electron chi connectivity index (χ0n) is 10.5. The maximum Gasteiger partial charge on any atom is 0.278 e. The molecule has 0 radical (unpaired) electrons. The van der Waals surface area contributed by atoms with Gasteiger partial charge in [-0.3, -0.25) is 14.4 Å². The van der Waals surface area contributed by atoms with Crippen LogP contribution in [-0.4, -0.2) is 29.2 Å². The van der Waals surface area contributed by atoms with Gasteiger partial charge >= 0.3 is 0 Å². The summed E-state index contributed by atoms with van der Waals surface area (Å²) in [7, 11) is 0. The van der Waals surface area contributed by atoms with Crippen LogP contribution in [0.3, 0.4) is 0 Å². The number of nitrogens with zero attached hydrogens (tertiary/aromatic N) is 1. The second-order valence-corrected chi connectivity index (χ2v) is 4.37. The number of halogens is 1. The van der Waals surface area contributed by atoms with Crippen LogP contribution in [0.1, 0.15) is 28.8 Å². The SMILES string of the molecule is NC(=O)C(CCC=O)N1OCc2ccc(F)cc2C1=O. The number of hydroxylamine groups is 2. The number of fused-ring (bicyclic) bond motifs is 1. The molecule has 1 aromatic rings. The van der Waals surface area contributed by atoms with Crippen molar-refractivity contribution >= 4 is 18.1 Å². The third kappa shape index (κ3) is 2.67. The fraction of sp³-hybridized carbons (Fsp3) is 0.308. The molecule has 1 aliphatic rings. The Morgan fingerprint density at radius 3 is 2.95 bits per heavy atom. The minimum atomic E-state index is -1.05. The third-order valence-corrected chi connectivity index (χ3v) is 3.03. The van der Waals surface area contributed by atoms with Crippen molar-refractivity contribution in [2.75, 3.05) is 0 Å². The summed E-state index contributed by atoms with van der Waals surface area (Å²) < 4.78 is 13.2. The van der Waals surface area contributed by atoms with Gasteiger partial charge < -0.3 is 10.5 Å². The van der Waals surface area contributed by atoms with Crippen molar-refractivity contribution in [2.45, 2.75) is 25.5 Å². The van der Waals surface area contributed by atoms with Gasteiger partial charge in [0.1, 0.15) is 24.8 Å². The van der Waals surface area contributed by atoms with Crippen LogP contribution in [0.25, 0.3) is 0 Å². The van der Waals surface area contributed by atoms with Crippen LogP contribution < -0.4 is 5.73 Å². The van der Waals surface area contributed by atoms with E-state index in [-0.39, 0.29) is 25.0 Å². The molecule has 0 fully saturated rings. The number of amides is 2. The molecule has 1 aromatic carbocycles. The predicted molar refractivity (Wildman–Crippen MR) is 65.6 cm³/mol. The quantitative estimate of drug-likeness (QED) is 0.797. The number of hydrogen-bond donors (Lipinski definition) is 1. The van der Waals surface area contributed by atoms with Gasteiger partial charge in [0, 0.05) is 6.42 Å². The van der Waals surface area contributed by atoms with Crippen LogP contribution >= 0.6 is 0 Å². The molecular formula is C13H13FN2O4. The summed E-state index contributed by atoms with van der Waals surface area (Å²) in [6, 6.07) is 2.71. The number of aldehydes is 1. The Labute approximate surface area is 114 Å². The zero-order valence-corrected chi connectivity index (χ0v) is 10.5. The Bertz CT molecular complexity index is 561. The largest absolute Gasteiger partial charge is 0.368 e. The van der Waals surface area contributed by atoms with Crippen LogP contribution in [0.5, 0.6) is 0 Å². The molecule has 0 bridgehead atoms. The smallest absolute Gasteiger partial charge is 0.278 e. The molecule has 106 valence electrons. The second-order valence-electron chi connectivity index (χ2n) is 4.37. The van der Waals surface area contributed by atoms with Gasteiger partial charge in [0.2, 0.25) is 5.91 Å². The summed E-state index contributed by atoms with van der Waals surface area (Å²) in [5.74, 6) is -1.97. The van der Waals surface area contributed by atoms with Gasteiger partial charge in [0.05, 0.1) is 5.56 Å². The van der Waals surface area contributed by atoms with E-state index in [1.807, 2.05) is 0 Å². The highest BCUT2D eigenvalue weighted by atomic mass is 19.1. The standard InChI is InChI=1S/C13H13FN2O4/c14-9-4-3-8-7-20-16(13(19)10(8)6-9)11(12(15)18)2-1-5-17/h3-6,11H,1-2,7H2,(H2,15,18). The van der Waals surface area contributed by atoms with Crippen molar-refractivity contribution < 1.29 is 23.6 Å². The van der Waals surface area contributed by atoms with Crippen molar-refractivity contribution in [3.05, 3.63) is 35.1 Å². The van der Waals surface area contributed by atoms with Gasteiger partial charge in [-0.05, 0) is 24.1 Å². The van der Waals surface area contributed by atoms with E-state index in [2.05, 4.69) is 0 Å². The third-order valence-electron chi connectivity index (χ3n) is 3.03. The summed E-state index contributed by atoms with van der Waals surface area (Å²) >= 11 is 0. The highest BCUT2D eigenvalue weighted by Crippen LogP contribution is 2.23. The molecule has 0 aliphatic carbocycles. The molecule has 2 rings (SSSR count). The summed E-state index contributed by atoms with van der Waals surface area (Å²) in [4.78, 5) is 39.2. The van der Waals surface area contributed by atoms with Crippen LogP contribution in [0.4, 0.5) is 4.39 Å². The molecule has 0 aromatic heterocycles. The molecule has 1 atom stereocenters. The lowest BCUT2D eigenvalue weighted by atomic mass is 10.0. The van der Waals surface area contributed by atoms with Crippen LogP contribution in [0, 0.1) is 5.82 Å². The zero-order chi connectivity index (χ0) is 14.7. The lowest BCUT2D eigenvalue weighted by Gasteiger charge is -2.32. The van der Waals surface area contributed by atoms with Crippen molar-refractivity contribution in [3.63, 3.8) is 0 Å². The number of rotatable bonds is 5. The van der Waals surface area contributed by atoms with Crippen LogP contribution in [0.15, 0.2) is 18.2 Å². The topological polar surface area (TPSA) is 89.7 Å². The highest BCUT2D eigenvalue weighted by molar-refractivity contribution is 5.98. The number of primary amides is 1. The fourth-order valence-corrected chi connectivity index (χ4v) is 2.02. The maximum atomic E-state index is 13.2. The second kappa shape index (κ2) is 5.79. The minimum absolute atomic E-state index is 0.0340. The van der Waals surface area contributed by atoms with Gasteiger partial charge in [-0.25, -0.2) is 9.45 Å². The summed E-state index contributed by atoms with van der Waals surface area (Å²) in [5.41, 5.74) is 5.88. The Morgan fingerprint density at radius 1 is 1.55 bits per heavy atom. The molecule has 2 N–H and O–H groups in total. The van der Waals surface area contributed by atoms with Gasteiger partial charge in [-0.2, -0.15) is 0 Å². The van der Waals surface area contributed by atoms with E-state index in [1.165, 1.54) is 12.1 Å². The molecule has 0 saturated heterocycles. The van der Waals surface area contributed by atoms with Crippen molar-refractivity contribution in [1.29, 1.82) is 0 Å². The van der Waals surface area contributed by atoms with Crippen molar-refractivity contribution in [2.24, 2.45) is 5.73 Å². The average molecular weight is 280 g/mol. The Kier molecular flexibility index (Phi) is 4.09. The summed E-state index contributed by atoms with van der Waals surface area (Å²) in [5, 5.41) is 0.827. The van der Waals surface area contributed by atoms with Gasteiger partial charge in [0.15, 0.2) is 0 Å². The van der Waals surface area contributed by atoms with Crippen molar-refractivity contribution in [1.82, 2.24) is 5.06 Å². The molecule has 0 saturated carbocycles. The highest BCUT2D eigenvalue weighted by Gasteiger charge is 2.34. The molecule has 20 heavy (non-hydrogen) atoms. The Balaban J connectivity index is 2.28. The molecule has 1 unspecified atom stereocenters. The maximum absolute atomic E-state index is 13.2. The molecule has 2 amide bonds. The number of carbonyl (C=O) groups is 3. The molecule has 1 heterocycles. The molecule has 6 nitrogen and oxygen atoms in total. The van der Waals surface area contributed by atoms with E-state index >= 15 is 0 Å². The first-order valence-electron chi connectivity index (χ1n) is 6.02. The number of benzene rings is 1. The molecule has 7 heteroatoms. The number of carbonyl (C=O) groups excluding carboxylic acids is 3. The van der Waals surface area contributed by atoms with Gasteiger partial charge in [-0.1, -0.05) is 6.07 Å². The van der Waals surface area contributed by atoms with E-state index < -0.39 is 23.7 Å². The van der Waals surface area contributed by atoms with E-state index in [0.29, 0.717) is 11.8 Å².